The van der Waals surface area contributed by atoms with Gasteiger partial charge in [0, 0.05) is 20.1 Å². The zero-order valence-electron chi connectivity index (χ0n) is 15.6. The van der Waals surface area contributed by atoms with E-state index in [9.17, 15) is 0 Å². The number of aromatic nitrogens is 3. The van der Waals surface area contributed by atoms with Crippen LogP contribution in [0.2, 0.25) is 0 Å². The number of guanidine groups is 1. The van der Waals surface area contributed by atoms with Crippen molar-refractivity contribution in [2.45, 2.75) is 58.1 Å². The van der Waals surface area contributed by atoms with Crippen molar-refractivity contribution in [3.05, 3.63) is 24.3 Å². The number of nitrogens with one attached hydrogen (secondary N) is 2. The van der Waals surface area contributed by atoms with Crippen molar-refractivity contribution >= 4 is 5.96 Å². The minimum Gasteiger partial charge on any atom is -0.376 e. The molecule has 1 aliphatic rings. The van der Waals surface area contributed by atoms with Crippen molar-refractivity contribution < 1.29 is 4.74 Å². The molecule has 140 valence electrons. The molecule has 2 rings (SSSR count). The Morgan fingerprint density at radius 3 is 2.68 bits per heavy atom. The smallest absolute Gasteiger partial charge is 0.192 e. The van der Waals surface area contributed by atoms with Crippen molar-refractivity contribution in [1.29, 1.82) is 0 Å². The van der Waals surface area contributed by atoms with E-state index in [1.54, 1.807) is 0 Å². The second-order valence-electron chi connectivity index (χ2n) is 6.47. The summed E-state index contributed by atoms with van der Waals surface area (Å²) < 4.78 is 7.96. The van der Waals surface area contributed by atoms with Crippen LogP contribution in [0.3, 0.4) is 0 Å². The Bertz CT molecular complexity index is 546. The first-order valence-electron chi connectivity index (χ1n) is 9.30. The third-order valence-corrected chi connectivity index (χ3v) is 4.53. The molecule has 25 heavy (non-hydrogen) atoms. The molecule has 0 atom stereocenters. The highest BCUT2D eigenvalue weighted by molar-refractivity contribution is 5.79. The molecule has 0 unspecified atom stereocenters. The lowest BCUT2D eigenvalue weighted by atomic mass is 10.1. The number of aryl methyl sites for hydroxylation is 1. The van der Waals surface area contributed by atoms with Crippen molar-refractivity contribution in [3.8, 4) is 0 Å². The van der Waals surface area contributed by atoms with Gasteiger partial charge in [0.25, 0.3) is 0 Å². The minimum atomic E-state index is 0.424. The highest BCUT2D eigenvalue weighted by Crippen LogP contribution is 2.19. The van der Waals surface area contributed by atoms with E-state index in [2.05, 4.69) is 32.4 Å². The quantitative estimate of drug-likeness (QED) is 0.247. The van der Waals surface area contributed by atoms with Gasteiger partial charge in [-0.3, -0.25) is 0 Å². The lowest BCUT2D eigenvalue weighted by molar-refractivity contribution is 0.0468. The van der Waals surface area contributed by atoms with Crippen molar-refractivity contribution in [1.82, 2.24) is 25.4 Å². The SMILES string of the molecule is C=CCNC(=NCc1nnc(C)n1C)NCCOC1CCCCCC1. The van der Waals surface area contributed by atoms with E-state index in [0.29, 0.717) is 25.8 Å². The van der Waals surface area contributed by atoms with Gasteiger partial charge in [-0.05, 0) is 19.8 Å². The van der Waals surface area contributed by atoms with Crippen LogP contribution in [0.1, 0.15) is 50.2 Å². The van der Waals surface area contributed by atoms with Crippen LogP contribution in [0.25, 0.3) is 0 Å². The third-order valence-electron chi connectivity index (χ3n) is 4.53. The Morgan fingerprint density at radius 1 is 1.28 bits per heavy atom. The van der Waals surface area contributed by atoms with Crippen LogP contribution in [0.4, 0.5) is 0 Å². The molecule has 0 bridgehead atoms. The molecule has 1 aromatic heterocycles. The monoisotopic (exact) mass is 348 g/mol. The third kappa shape index (κ3) is 6.86. The predicted octanol–water partition coefficient (Wildman–Crippen LogP) is 2.08. The number of rotatable bonds is 8. The van der Waals surface area contributed by atoms with Gasteiger partial charge in [-0.15, -0.1) is 16.8 Å². The van der Waals surface area contributed by atoms with Crippen LogP contribution >= 0.6 is 0 Å². The molecule has 2 N–H and O–H groups in total. The maximum Gasteiger partial charge on any atom is 0.192 e. The molecular weight excluding hydrogens is 316 g/mol. The largest absolute Gasteiger partial charge is 0.376 e. The van der Waals surface area contributed by atoms with Crippen molar-refractivity contribution in [2.75, 3.05) is 19.7 Å². The molecule has 0 spiro atoms. The summed E-state index contributed by atoms with van der Waals surface area (Å²) in [6, 6.07) is 0. The fourth-order valence-electron chi connectivity index (χ4n) is 2.89. The molecular formula is C18H32N6O. The first kappa shape index (κ1) is 19.4. The number of hydrogen-bond donors (Lipinski definition) is 2. The van der Waals surface area contributed by atoms with Crippen molar-refractivity contribution in [3.63, 3.8) is 0 Å². The number of ether oxygens (including phenoxy) is 1. The fourth-order valence-corrected chi connectivity index (χ4v) is 2.89. The van der Waals surface area contributed by atoms with Gasteiger partial charge in [-0.25, -0.2) is 4.99 Å². The topological polar surface area (TPSA) is 76.4 Å². The minimum absolute atomic E-state index is 0.424. The highest BCUT2D eigenvalue weighted by Gasteiger charge is 2.12. The Labute approximate surface area is 151 Å². The second kappa shape index (κ2) is 10.9. The Morgan fingerprint density at radius 2 is 2.04 bits per heavy atom. The summed E-state index contributed by atoms with van der Waals surface area (Å²) >= 11 is 0. The Hall–Kier alpha value is -1.89. The summed E-state index contributed by atoms with van der Waals surface area (Å²) in [5.41, 5.74) is 0. The van der Waals surface area contributed by atoms with Crippen LogP contribution in [-0.4, -0.2) is 46.5 Å². The Balaban J connectivity index is 1.77. The zero-order valence-corrected chi connectivity index (χ0v) is 15.6. The standard InChI is InChI=1S/C18H32N6O/c1-4-11-19-18(21-14-17-23-22-15(2)24(17)3)20-12-13-25-16-9-7-5-6-8-10-16/h4,16H,1,5-14H2,2-3H3,(H2,19,20,21). The number of nitrogens with zero attached hydrogens (tertiary/aromatic N) is 4. The molecule has 0 aromatic carbocycles. The summed E-state index contributed by atoms with van der Waals surface area (Å²) in [5.74, 6) is 2.47. The van der Waals surface area contributed by atoms with E-state index in [-0.39, 0.29) is 0 Å². The molecule has 0 saturated heterocycles. The summed E-state index contributed by atoms with van der Waals surface area (Å²) in [5, 5.41) is 14.7. The van der Waals surface area contributed by atoms with E-state index in [4.69, 9.17) is 4.74 Å². The molecule has 7 nitrogen and oxygen atoms in total. The van der Waals surface area contributed by atoms with Crippen LogP contribution in [0.15, 0.2) is 17.6 Å². The summed E-state index contributed by atoms with van der Waals surface area (Å²) in [6.07, 6.45) is 9.91. The van der Waals surface area contributed by atoms with E-state index in [1.807, 2.05) is 24.6 Å². The highest BCUT2D eigenvalue weighted by atomic mass is 16.5. The van der Waals surface area contributed by atoms with Crippen LogP contribution in [-0.2, 0) is 18.3 Å². The molecule has 0 aliphatic heterocycles. The van der Waals surface area contributed by atoms with Crippen molar-refractivity contribution in [2.24, 2.45) is 12.0 Å². The first-order chi connectivity index (χ1) is 12.2. The van der Waals surface area contributed by atoms with Gasteiger partial charge in [0.1, 0.15) is 12.4 Å². The molecule has 7 heteroatoms. The van der Waals surface area contributed by atoms with Crippen LogP contribution in [0, 0.1) is 6.92 Å². The summed E-state index contributed by atoms with van der Waals surface area (Å²) in [4.78, 5) is 4.57. The van der Waals surface area contributed by atoms with Gasteiger partial charge in [-0.1, -0.05) is 31.8 Å². The molecule has 0 amide bonds. The average molecular weight is 348 g/mol. The summed E-state index contributed by atoms with van der Waals surface area (Å²) in [7, 11) is 1.95. The fraction of sp³-hybridized carbons (Fsp3) is 0.722. The normalized spacial score (nSPS) is 16.5. The molecule has 1 heterocycles. The zero-order chi connectivity index (χ0) is 17.9. The molecule has 1 aliphatic carbocycles. The van der Waals surface area contributed by atoms with E-state index in [1.165, 1.54) is 38.5 Å². The van der Waals surface area contributed by atoms with Gasteiger partial charge < -0.3 is 19.9 Å². The summed E-state index contributed by atoms with van der Waals surface area (Å²) in [6.45, 7) is 8.24. The first-order valence-corrected chi connectivity index (χ1v) is 9.30. The van der Waals surface area contributed by atoms with Gasteiger partial charge in [0.05, 0.1) is 12.7 Å². The molecule has 1 aromatic rings. The van der Waals surface area contributed by atoms with Gasteiger partial charge in [0.2, 0.25) is 0 Å². The van der Waals surface area contributed by atoms with Gasteiger partial charge in [-0.2, -0.15) is 0 Å². The predicted molar refractivity (Wildman–Crippen MR) is 101 cm³/mol. The molecule has 0 radical (unpaired) electrons. The van der Waals surface area contributed by atoms with E-state index < -0.39 is 0 Å². The van der Waals surface area contributed by atoms with E-state index >= 15 is 0 Å². The average Bonchev–Trinajstić information content (AvgIpc) is 2.82. The molecule has 1 saturated carbocycles. The van der Waals surface area contributed by atoms with Crippen LogP contribution in [0.5, 0.6) is 0 Å². The maximum atomic E-state index is 6.01. The lowest BCUT2D eigenvalue weighted by Gasteiger charge is -2.16. The van der Waals surface area contributed by atoms with Gasteiger partial charge >= 0.3 is 0 Å². The van der Waals surface area contributed by atoms with Crippen LogP contribution < -0.4 is 10.6 Å². The maximum absolute atomic E-state index is 6.01. The second-order valence-corrected chi connectivity index (χ2v) is 6.47. The lowest BCUT2D eigenvalue weighted by Crippen LogP contribution is -2.39. The van der Waals surface area contributed by atoms with Gasteiger partial charge in [0.15, 0.2) is 11.8 Å². The number of aliphatic imine (C=N–C) groups is 1. The molecule has 1 fully saturated rings. The van der Waals surface area contributed by atoms with E-state index in [0.717, 1.165) is 24.2 Å². The number of hydrogen-bond acceptors (Lipinski definition) is 4. The Kier molecular flexibility index (Phi) is 8.45.